The van der Waals surface area contributed by atoms with Gasteiger partial charge < -0.3 is 5.73 Å². The minimum atomic E-state index is 0.560. The molecule has 0 unspecified atom stereocenters. The summed E-state index contributed by atoms with van der Waals surface area (Å²) < 4.78 is 0. The second-order valence-corrected chi connectivity index (χ2v) is 4.54. The third kappa shape index (κ3) is 0.822. The van der Waals surface area contributed by atoms with Crippen molar-refractivity contribution < 1.29 is 0 Å². The van der Waals surface area contributed by atoms with E-state index in [1.165, 1.54) is 37.7 Å². The molecule has 0 radical (unpaired) electrons. The lowest BCUT2D eigenvalue weighted by Crippen LogP contribution is -2.36. The molecule has 1 nitrogen and oxygen atoms in total. The van der Waals surface area contributed by atoms with Gasteiger partial charge in [0.2, 0.25) is 0 Å². The highest BCUT2D eigenvalue weighted by Crippen LogP contribution is 2.53. The summed E-state index contributed by atoms with van der Waals surface area (Å²) in [6.45, 7) is 0. The first-order valence-electron chi connectivity index (χ1n) is 5.20. The van der Waals surface area contributed by atoms with E-state index < -0.39 is 0 Å². The Morgan fingerprint density at radius 3 is 2.69 bits per heavy atom. The summed E-state index contributed by atoms with van der Waals surface area (Å²) in [7, 11) is 0. The van der Waals surface area contributed by atoms with E-state index in [1.54, 1.807) is 5.56 Å². The summed E-state index contributed by atoms with van der Waals surface area (Å²) >= 11 is 0. The van der Waals surface area contributed by atoms with Crippen LogP contribution in [0.25, 0.3) is 0 Å². The van der Waals surface area contributed by atoms with Gasteiger partial charge in [0.1, 0.15) is 0 Å². The van der Waals surface area contributed by atoms with Gasteiger partial charge in [0.15, 0.2) is 0 Å². The Morgan fingerprint density at radius 1 is 1.15 bits per heavy atom. The van der Waals surface area contributed by atoms with Crippen LogP contribution in [0.3, 0.4) is 0 Å². The highest BCUT2D eigenvalue weighted by molar-refractivity contribution is 5.60. The van der Waals surface area contributed by atoms with Crippen molar-refractivity contribution in [3.05, 3.63) is 29.3 Å². The van der Waals surface area contributed by atoms with Crippen LogP contribution in [0.5, 0.6) is 0 Å². The minimum absolute atomic E-state index is 0.560. The van der Waals surface area contributed by atoms with Crippen LogP contribution in [0.4, 0.5) is 5.69 Å². The average molecular weight is 173 g/mol. The van der Waals surface area contributed by atoms with Crippen LogP contribution >= 0.6 is 0 Å². The van der Waals surface area contributed by atoms with Crippen molar-refractivity contribution in [2.24, 2.45) is 0 Å². The zero-order chi connectivity index (χ0) is 8.89. The van der Waals surface area contributed by atoms with Crippen LogP contribution in [0.2, 0.25) is 0 Å². The maximum absolute atomic E-state index is 5.92. The third-order valence-electron chi connectivity index (χ3n) is 3.86. The number of nitrogen functional groups attached to an aromatic ring is 1. The molecule has 3 rings (SSSR count). The molecule has 1 aromatic rings. The molecule has 1 saturated carbocycles. The van der Waals surface area contributed by atoms with Gasteiger partial charge in [-0.1, -0.05) is 25.0 Å². The van der Waals surface area contributed by atoms with Crippen LogP contribution in [-0.4, -0.2) is 0 Å². The maximum atomic E-state index is 5.92. The Bertz CT molecular complexity index is 348. The van der Waals surface area contributed by atoms with Gasteiger partial charge in [0, 0.05) is 5.69 Å². The van der Waals surface area contributed by atoms with E-state index in [0.29, 0.717) is 5.41 Å². The first kappa shape index (κ1) is 7.43. The molecule has 13 heavy (non-hydrogen) atoms. The summed E-state index contributed by atoms with van der Waals surface area (Å²) in [5.41, 5.74) is 10.5. The number of nitrogens with two attached hydrogens (primary N) is 1. The van der Waals surface area contributed by atoms with Gasteiger partial charge in [0.05, 0.1) is 0 Å². The van der Waals surface area contributed by atoms with Crippen LogP contribution in [0.1, 0.15) is 36.8 Å². The lowest BCUT2D eigenvalue weighted by atomic mass is 9.62. The van der Waals surface area contributed by atoms with Gasteiger partial charge in [0.25, 0.3) is 0 Å². The fourth-order valence-corrected chi connectivity index (χ4v) is 3.12. The molecule has 68 valence electrons. The summed E-state index contributed by atoms with van der Waals surface area (Å²) in [6, 6.07) is 6.41. The molecule has 1 heteroatoms. The molecule has 0 heterocycles. The van der Waals surface area contributed by atoms with E-state index in [-0.39, 0.29) is 0 Å². The SMILES string of the molecule is Nc1cccc2c1CC21CCCC1. The summed E-state index contributed by atoms with van der Waals surface area (Å²) in [5, 5.41) is 0. The molecule has 0 amide bonds. The molecule has 0 aromatic heterocycles. The zero-order valence-corrected chi connectivity index (χ0v) is 7.84. The normalized spacial score (nSPS) is 22.8. The number of rotatable bonds is 0. The van der Waals surface area contributed by atoms with E-state index in [1.807, 2.05) is 6.07 Å². The first-order valence-corrected chi connectivity index (χ1v) is 5.20. The standard InChI is InChI=1S/C12H15N/c13-11-5-3-4-10-9(11)8-12(10)6-1-2-7-12/h3-5H,1-2,6-8,13H2. The lowest BCUT2D eigenvalue weighted by molar-refractivity contribution is 0.383. The third-order valence-corrected chi connectivity index (χ3v) is 3.86. The van der Waals surface area contributed by atoms with Crippen molar-refractivity contribution in [1.82, 2.24) is 0 Å². The average Bonchev–Trinajstić information content (AvgIpc) is 2.58. The van der Waals surface area contributed by atoms with Crippen molar-refractivity contribution >= 4 is 5.69 Å². The van der Waals surface area contributed by atoms with E-state index in [0.717, 1.165) is 5.69 Å². The molecule has 1 aromatic carbocycles. The van der Waals surface area contributed by atoms with Crippen molar-refractivity contribution in [2.45, 2.75) is 37.5 Å². The molecule has 0 atom stereocenters. The summed E-state index contributed by atoms with van der Waals surface area (Å²) in [4.78, 5) is 0. The molecule has 0 bridgehead atoms. The Kier molecular flexibility index (Phi) is 1.30. The number of benzene rings is 1. The van der Waals surface area contributed by atoms with E-state index in [4.69, 9.17) is 5.73 Å². The highest BCUT2D eigenvalue weighted by atomic mass is 14.6. The topological polar surface area (TPSA) is 26.0 Å². The van der Waals surface area contributed by atoms with E-state index >= 15 is 0 Å². The van der Waals surface area contributed by atoms with Crippen LogP contribution in [0, 0.1) is 0 Å². The lowest BCUT2D eigenvalue weighted by Gasteiger charge is -2.42. The van der Waals surface area contributed by atoms with Crippen molar-refractivity contribution in [1.29, 1.82) is 0 Å². The van der Waals surface area contributed by atoms with Crippen molar-refractivity contribution in [3.8, 4) is 0 Å². The molecule has 1 spiro atoms. The van der Waals surface area contributed by atoms with Gasteiger partial charge >= 0.3 is 0 Å². The Labute approximate surface area is 78.9 Å². The van der Waals surface area contributed by atoms with Crippen LogP contribution < -0.4 is 5.73 Å². The van der Waals surface area contributed by atoms with Gasteiger partial charge in [-0.2, -0.15) is 0 Å². The van der Waals surface area contributed by atoms with Crippen molar-refractivity contribution in [3.63, 3.8) is 0 Å². The fraction of sp³-hybridized carbons (Fsp3) is 0.500. The van der Waals surface area contributed by atoms with Crippen LogP contribution in [-0.2, 0) is 11.8 Å². The maximum Gasteiger partial charge on any atom is 0.0349 e. The number of hydrogen-bond donors (Lipinski definition) is 1. The minimum Gasteiger partial charge on any atom is -0.398 e. The summed E-state index contributed by atoms with van der Waals surface area (Å²) in [6.07, 6.45) is 6.85. The largest absolute Gasteiger partial charge is 0.398 e. The second-order valence-electron chi connectivity index (χ2n) is 4.54. The van der Waals surface area contributed by atoms with E-state index in [9.17, 15) is 0 Å². The van der Waals surface area contributed by atoms with E-state index in [2.05, 4.69) is 12.1 Å². The summed E-state index contributed by atoms with van der Waals surface area (Å²) in [5.74, 6) is 0. The highest BCUT2D eigenvalue weighted by Gasteiger charge is 2.44. The van der Waals surface area contributed by atoms with Gasteiger partial charge in [-0.15, -0.1) is 0 Å². The molecular formula is C12H15N. The van der Waals surface area contributed by atoms with Gasteiger partial charge in [-0.3, -0.25) is 0 Å². The Hall–Kier alpha value is -0.980. The first-order chi connectivity index (χ1) is 6.32. The number of hydrogen-bond acceptors (Lipinski definition) is 1. The fourth-order valence-electron chi connectivity index (χ4n) is 3.12. The zero-order valence-electron chi connectivity index (χ0n) is 7.84. The predicted octanol–water partition coefficient (Wildman–Crippen LogP) is 2.64. The Morgan fingerprint density at radius 2 is 1.92 bits per heavy atom. The van der Waals surface area contributed by atoms with Gasteiger partial charge in [-0.25, -0.2) is 0 Å². The van der Waals surface area contributed by atoms with Crippen LogP contribution in [0.15, 0.2) is 18.2 Å². The molecule has 0 aliphatic heterocycles. The molecular weight excluding hydrogens is 158 g/mol. The molecule has 2 aliphatic carbocycles. The predicted molar refractivity (Wildman–Crippen MR) is 54.7 cm³/mol. The molecule has 2 aliphatic rings. The Balaban J connectivity index is 2.09. The quantitative estimate of drug-likeness (QED) is 0.600. The molecule has 1 fully saturated rings. The van der Waals surface area contributed by atoms with Gasteiger partial charge in [-0.05, 0) is 41.9 Å². The molecule has 2 N–H and O–H groups in total. The monoisotopic (exact) mass is 173 g/mol. The molecule has 0 saturated heterocycles. The number of fused-ring (bicyclic) bond motifs is 2. The number of anilines is 1. The second kappa shape index (κ2) is 2.28. The van der Waals surface area contributed by atoms with Crippen molar-refractivity contribution in [2.75, 3.05) is 5.73 Å². The smallest absolute Gasteiger partial charge is 0.0349 e.